The van der Waals surface area contributed by atoms with Crippen LogP contribution in [0.5, 0.6) is 0 Å². The van der Waals surface area contributed by atoms with Gasteiger partial charge in [-0.3, -0.25) is 0 Å². The summed E-state index contributed by atoms with van der Waals surface area (Å²) in [6.07, 6.45) is 26.7. The molecule has 10 radical (unpaired) electrons. The summed E-state index contributed by atoms with van der Waals surface area (Å²) in [6, 6.07) is 0. The second-order valence-electron chi connectivity index (χ2n) is 6.66. The molecule has 0 spiro atoms. The molecule has 5 aliphatic carbocycles. The maximum absolute atomic E-state index is 2.30. The van der Waals surface area contributed by atoms with Crippen LogP contribution in [0.4, 0.5) is 0 Å². The Morgan fingerprint density at radius 2 is 0.583 bits per heavy atom. The third-order valence-electron chi connectivity index (χ3n) is 5.46. The summed E-state index contributed by atoms with van der Waals surface area (Å²) >= 11 is 0. The van der Waals surface area contributed by atoms with Gasteiger partial charge in [-0.25, -0.2) is 0 Å². The molecule has 2 saturated carbocycles. The van der Waals surface area contributed by atoms with E-state index in [4.69, 9.17) is 0 Å². The van der Waals surface area contributed by atoms with E-state index in [2.05, 4.69) is 86.8 Å². The minimum atomic E-state index is 1.34. The van der Waals surface area contributed by atoms with Crippen LogP contribution in [0.15, 0.2) is 72.9 Å². The number of fused-ring (bicyclic) bond motifs is 6. The third kappa shape index (κ3) is 1.98. The number of allylic oxidation sites excluding steroid dienone is 12. The molecule has 0 aromatic heterocycles. The van der Waals surface area contributed by atoms with Crippen LogP contribution in [-0.2, 0) is 0 Å². The van der Waals surface area contributed by atoms with Crippen molar-refractivity contribution in [2.45, 2.75) is 13.8 Å². The van der Waals surface area contributed by atoms with Gasteiger partial charge in [-0.05, 0) is 11.8 Å². The third-order valence-corrected chi connectivity index (χ3v) is 5.46. The van der Waals surface area contributed by atoms with E-state index >= 15 is 0 Å². The minimum Gasteiger partial charge on any atom is -0.0792 e. The lowest BCUT2D eigenvalue weighted by molar-refractivity contribution is 1.03. The van der Waals surface area contributed by atoms with Crippen molar-refractivity contribution < 1.29 is 0 Å². The highest BCUT2D eigenvalue weighted by Gasteiger charge is 2.50. The molecule has 2 fully saturated rings. The standard InChI is InChI=1S/C24H18/c1-15-17-7-3-5-9-21(17)23-13-14-24-20(12-11-19(15)23)16(2)18-8-4-6-10-22(18)24/h3-14H,1-2H3/b12-11-,14-13-. The van der Waals surface area contributed by atoms with Gasteiger partial charge in [-0.2, -0.15) is 0 Å². The van der Waals surface area contributed by atoms with Crippen LogP contribution in [0.25, 0.3) is 0 Å². The molecule has 0 bridgehead atoms. The predicted molar refractivity (Wildman–Crippen MR) is 98.6 cm³/mol. The van der Waals surface area contributed by atoms with Crippen LogP contribution in [0.3, 0.4) is 0 Å². The Morgan fingerprint density at radius 3 is 1.00 bits per heavy atom. The van der Waals surface area contributed by atoms with Gasteiger partial charge in [-0.15, -0.1) is 0 Å². The maximum atomic E-state index is 2.30. The van der Waals surface area contributed by atoms with Crippen molar-refractivity contribution in [2.75, 3.05) is 0 Å². The van der Waals surface area contributed by atoms with E-state index in [0.717, 1.165) is 0 Å². The van der Waals surface area contributed by atoms with Gasteiger partial charge < -0.3 is 0 Å². The Labute approximate surface area is 146 Å². The molecule has 0 unspecified atom stereocenters. The van der Waals surface area contributed by atoms with E-state index in [0.29, 0.717) is 0 Å². The quantitative estimate of drug-likeness (QED) is 0.579. The fourth-order valence-corrected chi connectivity index (χ4v) is 4.20. The summed E-state index contributed by atoms with van der Waals surface area (Å²) in [5.41, 5.74) is 0. The Bertz CT molecular complexity index is 627. The van der Waals surface area contributed by atoms with Crippen LogP contribution in [0.1, 0.15) is 13.8 Å². The van der Waals surface area contributed by atoms with Crippen LogP contribution in [0, 0.1) is 59.2 Å². The molecular weight excluding hydrogens is 288 g/mol. The zero-order chi connectivity index (χ0) is 16.3. The molecule has 0 saturated heterocycles. The smallest absolute Gasteiger partial charge is 0.0208 e. The van der Waals surface area contributed by atoms with Gasteiger partial charge in [0.25, 0.3) is 0 Å². The lowest BCUT2D eigenvalue weighted by Gasteiger charge is -2.24. The maximum Gasteiger partial charge on any atom is 0.0208 e. The lowest BCUT2D eigenvalue weighted by Crippen LogP contribution is -2.13. The molecule has 0 heterocycles. The average Bonchev–Trinajstić information content (AvgIpc) is 3.01. The normalized spacial score (nSPS) is 33.4. The summed E-state index contributed by atoms with van der Waals surface area (Å²) in [5.74, 6) is 13.5. The van der Waals surface area contributed by atoms with Gasteiger partial charge in [-0.1, -0.05) is 86.8 Å². The highest BCUT2D eigenvalue weighted by Crippen LogP contribution is 2.61. The molecule has 5 rings (SSSR count). The molecule has 0 atom stereocenters. The number of hydrogen-bond acceptors (Lipinski definition) is 0. The first-order valence-electron chi connectivity index (χ1n) is 8.48. The minimum absolute atomic E-state index is 1.34. The summed E-state index contributed by atoms with van der Waals surface area (Å²) in [7, 11) is 0. The monoisotopic (exact) mass is 306 g/mol. The van der Waals surface area contributed by atoms with Crippen molar-refractivity contribution in [3.8, 4) is 0 Å². The van der Waals surface area contributed by atoms with Crippen LogP contribution < -0.4 is 0 Å². The molecule has 0 aromatic rings. The summed E-state index contributed by atoms with van der Waals surface area (Å²) in [6.45, 7) is 4.46. The Kier molecular flexibility index (Phi) is 3.37. The lowest BCUT2D eigenvalue weighted by atomic mass is 9.78. The molecule has 0 N–H and O–H groups in total. The molecular formula is C24H18. The van der Waals surface area contributed by atoms with Crippen LogP contribution >= 0.6 is 0 Å². The van der Waals surface area contributed by atoms with Crippen molar-refractivity contribution in [3.05, 3.63) is 132 Å². The molecule has 0 aromatic carbocycles. The second-order valence-corrected chi connectivity index (χ2v) is 6.66. The molecule has 5 aliphatic rings. The topological polar surface area (TPSA) is 0 Å². The molecule has 0 nitrogen and oxygen atoms in total. The van der Waals surface area contributed by atoms with E-state index in [-0.39, 0.29) is 0 Å². The summed E-state index contributed by atoms with van der Waals surface area (Å²) < 4.78 is 0. The van der Waals surface area contributed by atoms with Gasteiger partial charge in [0, 0.05) is 47.3 Å². The van der Waals surface area contributed by atoms with E-state index in [1.54, 1.807) is 0 Å². The van der Waals surface area contributed by atoms with Crippen molar-refractivity contribution >= 4 is 0 Å². The molecule has 0 amide bonds. The average molecular weight is 306 g/mol. The molecule has 114 valence electrons. The summed E-state index contributed by atoms with van der Waals surface area (Å²) in [5, 5.41) is 0. The van der Waals surface area contributed by atoms with Crippen molar-refractivity contribution in [2.24, 2.45) is 0 Å². The van der Waals surface area contributed by atoms with Gasteiger partial charge in [0.2, 0.25) is 0 Å². The first kappa shape index (κ1) is 14.8. The largest absolute Gasteiger partial charge is 0.0792 e. The van der Waals surface area contributed by atoms with Crippen molar-refractivity contribution in [3.63, 3.8) is 0 Å². The Balaban J connectivity index is 1.52. The number of rotatable bonds is 0. The van der Waals surface area contributed by atoms with E-state index in [1.807, 2.05) is 0 Å². The SMILES string of the molecule is C[C]1[C]2C=CC=C[C]2[C]2/C=C\[C]3[C]4C=CC=C[C]4[C](C)[C]3/C=C\[C]12. The second kappa shape index (κ2) is 5.48. The first-order chi connectivity index (χ1) is 11.8. The van der Waals surface area contributed by atoms with Crippen molar-refractivity contribution in [1.29, 1.82) is 0 Å². The van der Waals surface area contributed by atoms with E-state index in [1.165, 1.54) is 59.2 Å². The zero-order valence-corrected chi connectivity index (χ0v) is 13.9. The van der Waals surface area contributed by atoms with Crippen LogP contribution in [-0.4, -0.2) is 0 Å². The van der Waals surface area contributed by atoms with Gasteiger partial charge in [0.15, 0.2) is 0 Å². The van der Waals surface area contributed by atoms with E-state index in [9.17, 15) is 0 Å². The Morgan fingerprint density at radius 1 is 0.333 bits per heavy atom. The first-order valence-corrected chi connectivity index (χ1v) is 8.48. The van der Waals surface area contributed by atoms with Crippen molar-refractivity contribution in [1.82, 2.24) is 0 Å². The zero-order valence-electron chi connectivity index (χ0n) is 13.9. The fourth-order valence-electron chi connectivity index (χ4n) is 4.20. The van der Waals surface area contributed by atoms with Gasteiger partial charge in [0.1, 0.15) is 0 Å². The van der Waals surface area contributed by atoms with E-state index < -0.39 is 0 Å². The Hall–Kier alpha value is -1.56. The molecule has 0 heteroatoms. The summed E-state index contributed by atoms with van der Waals surface area (Å²) in [4.78, 5) is 0. The highest BCUT2D eigenvalue weighted by molar-refractivity contribution is 5.80. The molecule has 0 aliphatic heterocycles. The molecule has 24 heavy (non-hydrogen) atoms. The predicted octanol–water partition coefficient (Wildman–Crippen LogP) is 5.18. The van der Waals surface area contributed by atoms with Gasteiger partial charge >= 0.3 is 0 Å². The number of hydrogen-bond donors (Lipinski definition) is 0. The fraction of sp³-hybridized carbons (Fsp3) is 0.0833. The van der Waals surface area contributed by atoms with Crippen LogP contribution in [0.2, 0.25) is 0 Å². The van der Waals surface area contributed by atoms with Gasteiger partial charge in [0.05, 0.1) is 0 Å². The highest BCUT2D eigenvalue weighted by atomic mass is 14.5.